The highest BCUT2D eigenvalue weighted by Gasteiger charge is 2.24. The van der Waals surface area contributed by atoms with E-state index in [4.69, 9.17) is 5.11 Å². The fourth-order valence-corrected chi connectivity index (χ4v) is 5.24. The Balaban J connectivity index is 1.18. The summed E-state index contributed by atoms with van der Waals surface area (Å²) in [5, 5.41) is 17.5. The van der Waals surface area contributed by atoms with E-state index >= 15 is 0 Å². The maximum Gasteiger partial charge on any atom is 0.507 e. The van der Waals surface area contributed by atoms with Crippen LogP contribution in [-0.4, -0.2) is 50.2 Å². The first-order valence-corrected chi connectivity index (χ1v) is 12.3. The van der Waals surface area contributed by atoms with Crippen molar-refractivity contribution >= 4 is 28.0 Å². The molecule has 1 saturated heterocycles. The number of rotatable bonds is 7. The average Bonchev–Trinajstić information content (AvgIpc) is 3.26. The molecular formula is C27H31N5O4. The number of hydrazine groups is 1. The van der Waals surface area contributed by atoms with E-state index in [9.17, 15) is 9.59 Å². The van der Waals surface area contributed by atoms with Crippen LogP contribution in [0.15, 0.2) is 53.5 Å². The van der Waals surface area contributed by atoms with Gasteiger partial charge in [0, 0.05) is 41.8 Å². The van der Waals surface area contributed by atoms with Gasteiger partial charge in [-0.25, -0.2) is 14.5 Å². The molecule has 3 N–H and O–H groups in total. The summed E-state index contributed by atoms with van der Waals surface area (Å²) in [5.41, 5.74) is 8.51. The SMILES string of the molecule is Cc1cc(C[C@H](C)NN2CCC(c3cc4ccccc4[nH]c3=O)CC2)cc2cn(COC(=O)O)nc12. The van der Waals surface area contributed by atoms with Crippen molar-refractivity contribution in [3.63, 3.8) is 0 Å². The summed E-state index contributed by atoms with van der Waals surface area (Å²) < 4.78 is 6.12. The van der Waals surface area contributed by atoms with Gasteiger partial charge in [-0.3, -0.25) is 10.2 Å². The smallest absolute Gasteiger partial charge is 0.450 e. The quantitative estimate of drug-likeness (QED) is 0.334. The highest BCUT2D eigenvalue weighted by Crippen LogP contribution is 2.27. The fourth-order valence-electron chi connectivity index (χ4n) is 5.24. The molecule has 36 heavy (non-hydrogen) atoms. The number of pyridine rings is 1. The zero-order chi connectivity index (χ0) is 25.2. The molecule has 0 radical (unpaired) electrons. The van der Waals surface area contributed by atoms with Gasteiger partial charge in [-0.2, -0.15) is 5.10 Å². The van der Waals surface area contributed by atoms with Crippen LogP contribution in [-0.2, 0) is 17.9 Å². The standard InChI is InChI=1S/C27H31N5O4/c1-17-11-19(13-22-15-32(30-25(17)22)16-36-27(34)35)12-18(2)29-31-9-7-20(8-10-31)23-14-21-5-3-4-6-24(21)28-26(23)33/h3-6,11,13-15,18,20,29H,7-10,12,16H2,1-2H3,(H,28,33)(H,34,35)/t18-/m0/s1. The van der Waals surface area contributed by atoms with E-state index in [1.807, 2.05) is 37.4 Å². The van der Waals surface area contributed by atoms with E-state index in [0.717, 1.165) is 65.3 Å². The first kappa shape index (κ1) is 24.0. The number of fused-ring (bicyclic) bond motifs is 2. The number of carboxylic acid groups (broad SMARTS) is 1. The minimum absolute atomic E-state index is 0.0251. The number of H-pyrrole nitrogens is 1. The summed E-state index contributed by atoms with van der Waals surface area (Å²) in [6.07, 6.45) is 3.21. The molecule has 5 rings (SSSR count). The second kappa shape index (κ2) is 10.1. The number of hydrogen-bond donors (Lipinski definition) is 3. The van der Waals surface area contributed by atoms with Gasteiger partial charge in [-0.05, 0) is 73.7 Å². The minimum Gasteiger partial charge on any atom is -0.450 e. The molecule has 9 heteroatoms. The van der Waals surface area contributed by atoms with Crippen molar-refractivity contribution < 1.29 is 14.6 Å². The highest BCUT2D eigenvalue weighted by molar-refractivity contribution is 5.82. The third kappa shape index (κ3) is 5.27. The van der Waals surface area contributed by atoms with Crippen molar-refractivity contribution in [1.82, 2.24) is 25.2 Å². The predicted octanol–water partition coefficient (Wildman–Crippen LogP) is 4.15. The van der Waals surface area contributed by atoms with Crippen LogP contribution in [0.3, 0.4) is 0 Å². The molecule has 9 nitrogen and oxygen atoms in total. The Morgan fingerprint density at radius 2 is 2.00 bits per heavy atom. The zero-order valence-corrected chi connectivity index (χ0v) is 20.5. The molecule has 1 aliphatic heterocycles. The Morgan fingerprint density at radius 1 is 1.22 bits per heavy atom. The zero-order valence-electron chi connectivity index (χ0n) is 20.5. The molecule has 0 amide bonds. The average molecular weight is 490 g/mol. The Hall–Kier alpha value is -3.69. The lowest BCUT2D eigenvalue weighted by atomic mass is 9.90. The number of nitrogens with zero attached hydrogens (tertiary/aromatic N) is 3. The van der Waals surface area contributed by atoms with Crippen LogP contribution in [0.5, 0.6) is 0 Å². The van der Waals surface area contributed by atoms with E-state index in [0.29, 0.717) is 0 Å². The fraction of sp³-hybridized carbons (Fsp3) is 0.370. The number of carbonyl (C=O) groups is 1. The molecule has 0 spiro atoms. The Kier molecular flexibility index (Phi) is 6.75. The van der Waals surface area contributed by atoms with Gasteiger partial charge in [0.1, 0.15) is 0 Å². The van der Waals surface area contributed by atoms with Gasteiger partial charge >= 0.3 is 6.16 Å². The second-order valence-corrected chi connectivity index (χ2v) is 9.70. The monoisotopic (exact) mass is 489 g/mol. The summed E-state index contributed by atoms with van der Waals surface area (Å²) in [5.74, 6) is 0.262. The van der Waals surface area contributed by atoms with Crippen LogP contribution in [0, 0.1) is 6.92 Å². The van der Waals surface area contributed by atoms with Gasteiger partial charge < -0.3 is 14.8 Å². The molecule has 3 heterocycles. The molecule has 0 aliphatic carbocycles. The molecule has 0 unspecified atom stereocenters. The van der Waals surface area contributed by atoms with Crippen molar-refractivity contribution in [2.75, 3.05) is 13.1 Å². The molecule has 1 aliphatic rings. The number of piperidine rings is 1. The van der Waals surface area contributed by atoms with Crippen molar-refractivity contribution in [2.45, 2.75) is 51.8 Å². The van der Waals surface area contributed by atoms with Crippen LogP contribution in [0.2, 0.25) is 0 Å². The second-order valence-electron chi connectivity index (χ2n) is 9.70. The molecule has 2 aromatic carbocycles. The first-order valence-electron chi connectivity index (χ1n) is 12.3. The van der Waals surface area contributed by atoms with Gasteiger partial charge in [-0.1, -0.05) is 24.3 Å². The van der Waals surface area contributed by atoms with Crippen LogP contribution in [0.25, 0.3) is 21.8 Å². The molecule has 1 atom stereocenters. The number of hydrogen-bond acceptors (Lipinski definition) is 6. The summed E-state index contributed by atoms with van der Waals surface area (Å²) in [6, 6.07) is 14.4. The van der Waals surface area contributed by atoms with Crippen LogP contribution < -0.4 is 11.0 Å². The van der Waals surface area contributed by atoms with Gasteiger partial charge in [-0.15, -0.1) is 0 Å². The highest BCUT2D eigenvalue weighted by atomic mass is 16.7. The van der Waals surface area contributed by atoms with Crippen molar-refractivity contribution in [3.05, 3.63) is 75.7 Å². The third-order valence-electron chi connectivity index (χ3n) is 6.89. The lowest BCUT2D eigenvalue weighted by molar-refractivity contribution is 0.0607. The Morgan fingerprint density at radius 3 is 2.78 bits per heavy atom. The lowest BCUT2D eigenvalue weighted by Gasteiger charge is -2.34. The Bertz CT molecular complexity index is 1450. The number of aryl methyl sites for hydroxylation is 1. The van der Waals surface area contributed by atoms with Crippen LogP contribution >= 0.6 is 0 Å². The Labute approximate surface area is 208 Å². The third-order valence-corrected chi connectivity index (χ3v) is 6.89. The molecule has 0 bridgehead atoms. The largest absolute Gasteiger partial charge is 0.507 e. The van der Waals surface area contributed by atoms with Crippen molar-refractivity contribution in [1.29, 1.82) is 0 Å². The number of nitrogens with one attached hydrogen (secondary N) is 2. The van der Waals surface area contributed by atoms with Gasteiger partial charge in [0.25, 0.3) is 5.56 Å². The summed E-state index contributed by atoms with van der Waals surface area (Å²) in [4.78, 5) is 26.3. The summed E-state index contributed by atoms with van der Waals surface area (Å²) in [6.45, 7) is 5.82. The summed E-state index contributed by atoms with van der Waals surface area (Å²) in [7, 11) is 0. The number of benzene rings is 2. The molecule has 2 aromatic heterocycles. The minimum atomic E-state index is -1.32. The van der Waals surface area contributed by atoms with E-state index in [1.165, 1.54) is 10.2 Å². The predicted molar refractivity (Wildman–Crippen MR) is 138 cm³/mol. The normalized spacial score (nSPS) is 15.9. The van der Waals surface area contributed by atoms with Gasteiger partial charge in [0.2, 0.25) is 0 Å². The number of para-hydroxylation sites is 1. The molecule has 188 valence electrons. The summed E-state index contributed by atoms with van der Waals surface area (Å²) >= 11 is 0. The maximum absolute atomic E-state index is 12.7. The van der Waals surface area contributed by atoms with Gasteiger partial charge in [0.15, 0.2) is 6.73 Å². The number of ether oxygens (including phenoxy) is 1. The topological polar surface area (TPSA) is 112 Å². The number of aromatic nitrogens is 3. The van der Waals surface area contributed by atoms with E-state index in [2.05, 4.69) is 50.4 Å². The van der Waals surface area contributed by atoms with E-state index < -0.39 is 6.16 Å². The van der Waals surface area contributed by atoms with Gasteiger partial charge in [0.05, 0.1) is 5.52 Å². The van der Waals surface area contributed by atoms with Crippen molar-refractivity contribution in [3.8, 4) is 0 Å². The van der Waals surface area contributed by atoms with Crippen molar-refractivity contribution in [2.24, 2.45) is 0 Å². The first-order chi connectivity index (χ1) is 17.4. The van der Waals surface area contributed by atoms with E-state index in [-0.39, 0.29) is 24.2 Å². The van der Waals surface area contributed by atoms with Crippen LogP contribution in [0.1, 0.15) is 42.4 Å². The molecule has 0 saturated carbocycles. The molecule has 4 aromatic rings. The van der Waals surface area contributed by atoms with E-state index in [1.54, 1.807) is 0 Å². The molecular weight excluding hydrogens is 458 g/mol. The maximum atomic E-state index is 12.7. The number of aromatic amines is 1. The lowest BCUT2D eigenvalue weighted by Crippen LogP contribution is -2.48. The molecule has 1 fully saturated rings. The van der Waals surface area contributed by atoms with Crippen LogP contribution in [0.4, 0.5) is 4.79 Å².